The van der Waals surface area contributed by atoms with Crippen molar-refractivity contribution in [2.24, 2.45) is 5.92 Å². The number of ether oxygens (including phenoxy) is 1. The van der Waals surface area contributed by atoms with Crippen LogP contribution in [0.5, 0.6) is 5.75 Å². The van der Waals surface area contributed by atoms with Crippen molar-refractivity contribution in [3.8, 4) is 5.75 Å². The van der Waals surface area contributed by atoms with Gasteiger partial charge in [0, 0.05) is 30.9 Å². The van der Waals surface area contributed by atoms with Crippen LogP contribution in [0.15, 0.2) is 12.1 Å². The zero-order chi connectivity index (χ0) is 12.8. The Bertz CT molecular complexity index is 353. The summed E-state index contributed by atoms with van der Waals surface area (Å²) in [6, 6.07) is 3.80. The number of aliphatic hydroxyl groups is 1. The number of pyridine rings is 1. The van der Waals surface area contributed by atoms with Crippen LogP contribution in [0.2, 0.25) is 0 Å². The molecule has 0 fully saturated rings. The highest BCUT2D eigenvalue weighted by Crippen LogP contribution is 2.13. The number of rotatable bonds is 6. The Balaban J connectivity index is 2.49. The van der Waals surface area contributed by atoms with Gasteiger partial charge in [-0.15, -0.1) is 0 Å². The van der Waals surface area contributed by atoms with E-state index in [-0.39, 0.29) is 12.0 Å². The summed E-state index contributed by atoms with van der Waals surface area (Å²) in [7, 11) is 1.65. The second-order valence-electron chi connectivity index (χ2n) is 4.58. The Labute approximate surface area is 103 Å². The quantitative estimate of drug-likeness (QED) is 0.788. The summed E-state index contributed by atoms with van der Waals surface area (Å²) in [5.74, 6) is 1.08. The molecule has 17 heavy (non-hydrogen) atoms. The molecule has 0 amide bonds. The predicted octanol–water partition coefficient (Wildman–Crippen LogP) is 1.51. The molecule has 0 bridgehead atoms. The van der Waals surface area contributed by atoms with Crippen molar-refractivity contribution in [2.45, 2.75) is 33.4 Å². The van der Waals surface area contributed by atoms with E-state index in [9.17, 15) is 5.11 Å². The normalized spacial score (nSPS) is 12.8. The maximum absolute atomic E-state index is 9.65. The highest BCUT2D eigenvalue weighted by Gasteiger charge is 2.08. The number of nitrogens with zero attached hydrogens (tertiary/aromatic N) is 1. The van der Waals surface area contributed by atoms with Gasteiger partial charge < -0.3 is 15.2 Å². The van der Waals surface area contributed by atoms with E-state index < -0.39 is 0 Å². The monoisotopic (exact) mass is 238 g/mol. The Hall–Kier alpha value is -1.13. The molecule has 4 heteroatoms. The molecule has 2 N–H and O–H groups in total. The van der Waals surface area contributed by atoms with Gasteiger partial charge in [0.2, 0.25) is 0 Å². The first-order chi connectivity index (χ1) is 8.02. The molecule has 1 heterocycles. The molecule has 0 aliphatic rings. The number of aliphatic hydroxyl groups excluding tert-OH is 1. The second-order valence-corrected chi connectivity index (χ2v) is 4.58. The first-order valence-corrected chi connectivity index (χ1v) is 5.93. The summed E-state index contributed by atoms with van der Waals surface area (Å²) in [5.41, 5.74) is 1.86. The number of nitrogens with one attached hydrogen (secondary N) is 1. The van der Waals surface area contributed by atoms with Crippen molar-refractivity contribution in [1.82, 2.24) is 10.3 Å². The van der Waals surface area contributed by atoms with Gasteiger partial charge in [-0.2, -0.15) is 0 Å². The zero-order valence-electron chi connectivity index (χ0n) is 11.0. The summed E-state index contributed by atoms with van der Waals surface area (Å²) in [5, 5.41) is 12.8. The largest absolute Gasteiger partial charge is 0.497 e. The lowest BCUT2D eigenvalue weighted by atomic mass is 10.1. The van der Waals surface area contributed by atoms with Crippen LogP contribution < -0.4 is 10.1 Å². The van der Waals surface area contributed by atoms with Crippen LogP contribution in [0.25, 0.3) is 0 Å². The van der Waals surface area contributed by atoms with Crippen molar-refractivity contribution in [1.29, 1.82) is 0 Å². The standard InChI is InChI=1S/C13H22N2O2/c1-9(2)13(16)8-14-7-11-6-12(17-4)5-10(3)15-11/h5-6,9,13-14,16H,7-8H2,1-4H3. The Kier molecular flexibility index (Phi) is 5.38. The third-order valence-corrected chi connectivity index (χ3v) is 2.64. The summed E-state index contributed by atoms with van der Waals surface area (Å²) in [4.78, 5) is 4.40. The number of aryl methyl sites for hydroxylation is 1. The third kappa shape index (κ3) is 4.71. The topological polar surface area (TPSA) is 54.4 Å². The van der Waals surface area contributed by atoms with Gasteiger partial charge in [0.25, 0.3) is 0 Å². The average molecular weight is 238 g/mol. The van der Waals surface area contributed by atoms with E-state index in [0.29, 0.717) is 13.1 Å². The van der Waals surface area contributed by atoms with Gasteiger partial charge in [0.15, 0.2) is 0 Å². The van der Waals surface area contributed by atoms with E-state index in [4.69, 9.17) is 4.74 Å². The molecule has 1 rings (SSSR count). The predicted molar refractivity (Wildman–Crippen MR) is 68.1 cm³/mol. The zero-order valence-corrected chi connectivity index (χ0v) is 11.0. The van der Waals surface area contributed by atoms with E-state index >= 15 is 0 Å². The molecule has 1 aromatic heterocycles. The smallest absolute Gasteiger partial charge is 0.122 e. The van der Waals surface area contributed by atoms with Gasteiger partial charge in [-0.1, -0.05) is 13.8 Å². The fourth-order valence-electron chi connectivity index (χ4n) is 1.50. The SMILES string of the molecule is COc1cc(C)nc(CNCC(O)C(C)C)c1. The Morgan fingerprint density at radius 1 is 1.41 bits per heavy atom. The second kappa shape index (κ2) is 6.57. The van der Waals surface area contributed by atoms with Crippen LogP contribution in [0.4, 0.5) is 0 Å². The fraction of sp³-hybridized carbons (Fsp3) is 0.615. The molecule has 0 saturated carbocycles. The van der Waals surface area contributed by atoms with Crippen molar-refractivity contribution in [3.63, 3.8) is 0 Å². The summed E-state index contributed by atoms with van der Waals surface area (Å²) in [6.45, 7) is 7.16. The van der Waals surface area contributed by atoms with Crippen molar-refractivity contribution < 1.29 is 9.84 Å². The molecule has 1 unspecified atom stereocenters. The van der Waals surface area contributed by atoms with Crippen molar-refractivity contribution >= 4 is 0 Å². The minimum Gasteiger partial charge on any atom is -0.497 e. The molecule has 1 aromatic rings. The van der Waals surface area contributed by atoms with Crippen LogP contribution in [0.1, 0.15) is 25.2 Å². The summed E-state index contributed by atoms with van der Waals surface area (Å²) in [6.07, 6.45) is -0.318. The van der Waals surface area contributed by atoms with E-state index in [1.54, 1.807) is 7.11 Å². The summed E-state index contributed by atoms with van der Waals surface area (Å²) >= 11 is 0. The first-order valence-electron chi connectivity index (χ1n) is 5.93. The lowest BCUT2D eigenvalue weighted by Crippen LogP contribution is -2.30. The lowest BCUT2D eigenvalue weighted by molar-refractivity contribution is 0.123. The maximum atomic E-state index is 9.65. The number of methoxy groups -OCH3 is 1. The van der Waals surface area contributed by atoms with Gasteiger partial charge >= 0.3 is 0 Å². The van der Waals surface area contributed by atoms with Crippen molar-refractivity contribution in [2.75, 3.05) is 13.7 Å². The third-order valence-electron chi connectivity index (χ3n) is 2.64. The lowest BCUT2D eigenvalue weighted by Gasteiger charge is -2.15. The van der Waals surface area contributed by atoms with Crippen molar-refractivity contribution in [3.05, 3.63) is 23.5 Å². The van der Waals surface area contributed by atoms with E-state index in [1.807, 2.05) is 32.9 Å². The van der Waals surface area contributed by atoms with Gasteiger partial charge in [-0.25, -0.2) is 0 Å². The Morgan fingerprint density at radius 2 is 2.12 bits per heavy atom. The highest BCUT2D eigenvalue weighted by atomic mass is 16.5. The molecular weight excluding hydrogens is 216 g/mol. The first kappa shape index (κ1) is 13.9. The van der Waals surface area contributed by atoms with Gasteiger partial charge in [0.1, 0.15) is 5.75 Å². The maximum Gasteiger partial charge on any atom is 0.122 e. The number of aromatic nitrogens is 1. The Morgan fingerprint density at radius 3 is 2.71 bits per heavy atom. The molecule has 0 aliphatic heterocycles. The van der Waals surface area contributed by atoms with Crippen LogP contribution in [0, 0.1) is 12.8 Å². The number of hydrogen-bond donors (Lipinski definition) is 2. The molecule has 0 aliphatic carbocycles. The number of hydrogen-bond acceptors (Lipinski definition) is 4. The molecule has 0 radical (unpaired) electrons. The van der Waals surface area contributed by atoms with Crippen LogP contribution in [-0.4, -0.2) is 29.8 Å². The van der Waals surface area contributed by atoms with Crippen LogP contribution in [-0.2, 0) is 6.54 Å². The molecule has 96 valence electrons. The van der Waals surface area contributed by atoms with Gasteiger partial charge in [-0.3, -0.25) is 4.98 Å². The minimum absolute atomic E-state index is 0.266. The molecule has 0 spiro atoms. The van der Waals surface area contributed by atoms with Crippen LogP contribution in [0.3, 0.4) is 0 Å². The molecule has 0 aromatic carbocycles. The van der Waals surface area contributed by atoms with Gasteiger partial charge in [0.05, 0.1) is 18.9 Å². The average Bonchev–Trinajstić information content (AvgIpc) is 2.27. The van der Waals surface area contributed by atoms with Crippen LogP contribution >= 0.6 is 0 Å². The van der Waals surface area contributed by atoms with E-state index in [1.165, 1.54) is 0 Å². The minimum atomic E-state index is -0.318. The molecule has 1 atom stereocenters. The summed E-state index contributed by atoms with van der Waals surface area (Å²) < 4.78 is 5.18. The van der Waals surface area contributed by atoms with E-state index in [0.717, 1.165) is 17.1 Å². The van der Waals surface area contributed by atoms with E-state index in [2.05, 4.69) is 10.3 Å². The van der Waals surface area contributed by atoms with Gasteiger partial charge in [-0.05, 0) is 12.8 Å². The molecule has 4 nitrogen and oxygen atoms in total. The fourth-order valence-corrected chi connectivity index (χ4v) is 1.50. The highest BCUT2D eigenvalue weighted by molar-refractivity contribution is 5.26. The molecular formula is C13H22N2O2. The molecule has 0 saturated heterocycles.